The molecule has 17 heavy (non-hydrogen) atoms. The lowest BCUT2D eigenvalue weighted by Crippen LogP contribution is -2.34. The molecule has 0 amide bonds. The molecule has 0 radical (unpaired) electrons. The van der Waals surface area contributed by atoms with Crippen LogP contribution in [-0.4, -0.2) is 12.1 Å². The summed E-state index contributed by atoms with van der Waals surface area (Å²) in [4.78, 5) is 2.28. The third-order valence-corrected chi connectivity index (χ3v) is 3.63. The fourth-order valence-electron chi connectivity index (χ4n) is 2.69. The summed E-state index contributed by atoms with van der Waals surface area (Å²) in [7, 11) is 0. The molecule has 3 heteroatoms. The second-order valence-electron chi connectivity index (χ2n) is 4.67. The molecule has 0 aliphatic carbocycles. The predicted molar refractivity (Wildman–Crippen MR) is 66.4 cm³/mol. The molecule has 1 aromatic carbocycles. The van der Waals surface area contributed by atoms with Gasteiger partial charge in [0.05, 0.1) is 5.56 Å². The molecule has 0 N–H and O–H groups in total. The Balaban J connectivity index is 2.33. The van der Waals surface area contributed by atoms with Crippen LogP contribution in [0.2, 0.25) is 0 Å². The molecule has 1 heterocycles. The summed E-state index contributed by atoms with van der Waals surface area (Å²) in [6.07, 6.45) is 3.39. The highest BCUT2D eigenvalue weighted by molar-refractivity contribution is 5.52. The number of anilines is 1. The lowest BCUT2D eigenvalue weighted by molar-refractivity contribution is 0.608. The van der Waals surface area contributed by atoms with Crippen LogP contribution < -0.4 is 4.90 Å². The van der Waals surface area contributed by atoms with Gasteiger partial charge in [-0.15, -0.1) is 0 Å². The highest BCUT2D eigenvalue weighted by Crippen LogP contribution is 2.32. The van der Waals surface area contributed by atoms with E-state index >= 15 is 0 Å². The first kappa shape index (κ1) is 11.9. The van der Waals surface area contributed by atoms with Gasteiger partial charge >= 0.3 is 0 Å². The number of nitrogens with zero attached hydrogens (tertiary/aromatic N) is 2. The molecule has 0 spiro atoms. The summed E-state index contributed by atoms with van der Waals surface area (Å²) >= 11 is 0. The molecular formula is C14H17FN2. The van der Waals surface area contributed by atoms with E-state index in [-0.39, 0.29) is 5.56 Å². The minimum Gasteiger partial charge on any atom is -0.366 e. The van der Waals surface area contributed by atoms with Gasteiger partial charge in [-0.2, -0.15) is 5.26 Å². The van der Waals surface area contributed by atoms with Gasteiger partial charge in [0.1, 0.15) is 11.9 Å². The van der Waals surface area contributed by atoms with Crippen LogP contribution in [0.3, 0.4) is 0 Å². The van der Waals surface area contributed by atoms with Crippen LogP contribution >= 0.6 is 0 Å². The minimum atomic E-state index is -0.418. The zero-order valence-corrected chi connectivity index (χ0v) is 10.3. The van der Waals surface area contributed by atoms with E-state index < -0.39 is 5.82 Å². The van der Waals surface area contributed by atoms with Crippen LogP contribution in [0.5, 0.6) is 0 Å². The van der Waals surface area contributed by atoms with E-state index in [1.807, 2.05) is 12.1 Å². The van der Waals surface area contributed by atoms with E-state index in [9.17, 15) is 4.39 Å². The fourth-order valence-corrected chi connectivity index (χ4v) is 2.69. The number of benzene rings is 1. The number of rotatable bonds is 2. The van der Waals surface area contributed by atoms with Crippen molar-refractivity contribution in [2.24, 2.45) is 0 Å². The Bertz CT molecular complexity index is 450. The van der Waals surface area contributed by atoms with Gasteiger partial charge in [0.2, 0.25) is 0 Å². The maximum Gasteiger partial charge on any atom is 0.143 e. The van der Waals surface area contributed by atoms with Crippen molar-refractivity contribution < 1.29 is 4.39 Å². The Morgan fingerprint density at radius 2 is 2.24 bits per heavy atom. The topological polar surface area (TPSA) is 27.0 Å². The van der Waals surface area contributed by atoms with Crippen LogP contribution in [-0.2, 0) is 0 Å². The number of nitriles is 1. The van der Waals surface area contributed by atoms with Crippen molar-refractivity contribution in [1.29, 1.82) is 5.26 Å². The molecule has 1 aliphatic rings. The van der Waals surface area contributed by atoms with E-state index in [1.165, 1.54) is 12.5 Å². The average Bonchev–Trinajstić information content (AvgIpc) is 2.70. The molecule has 90 valence electrons. The lowest BCUT2D eigenvalue weighted by Gasteiger charge is -2.30. The first-order valence-electron chi connectivity index (χ1n) is 6.15. The van der Waals surface area contributed by atoms with Crippen molar-refractivity contribution in [3.05, 3.63) is 29.6 Å². The van der Waals surface area contributed by atoms with Gasteiger partial charge in [0.25, 0.3) is 0 Å². The van der Waals surface area contributed by atoms with Crippen LogP contribution in [0.25, 0.3) is 0 Å². The van der Waals surface area contributed by atoms with Crippen molar-refractivity contribution in [3.63, 3.8) is 0 Å². The van der Waals surface area contributed by atoms with E-state index in [2.05, 4.69) is 18.7 Å². The summed E-state index contributed by atoms with van der Waals surface area (Å²) < 4.78 is 13.6. The highest BCUT2D eigenvalue weighted by atomic mass is 19.1. The Morgan fingerprint density at radius 1 is 1.47 bits per heavy atom. The standard InChI is InChI=1S/C14H17FN2/c1-3-12-6-4-10(2)17(12)13-7-5-11(9-16)14(15)8-13/h5,7-8,10,12H,3-4,6H2,1-2H3. The zero-order chi connectivity index (χ0) is 12.4. The highest BCUT2D eigenvalue weighted by Gasteiger charge is 2.29. The van der Waals surface area contributed by atoms with Gasteiger partial charge in [-0.05, 0) is 44.4 Å². The Hall–Kier alpha value is -1.56. The van der Waals surface area contributed by atoms with Crippen LogP contribution in [0.4, 0.5) is 10.1 Å². The van der Waals surface area contributed by atoms with Gasteiger partial charge < -0.3 is 4.90 Å². The van der Waals surface area contributed by atoms with Gasteiger partial charge in [0, 0.05) is 17.8 Å². The summed E-state index contributed by atoms with van der Waals surface area (Å²) in [6.45, 7) is 4.33. The van der Waals surface area contributed by atoms with Crippen molar-refractivity contribution in [2.45, 2.75) is 45.2 Å². The summed E-state index contributed by atoms with van der Waals surface area (Å²) in [5, 5.41) is 8.72. The number of hydrogen-bond acceptors (Lipinski definition) is 2. The number of hydrogen-bond donors (Lipinski definition) is 0. The van der Waals surface area contributed by atoms with Crippen LogP contribution in [0.15, 0.2) is 18.2 Å². The van der Waals surface area contributed by atoms with E-state index in [4.69, 9.17) is 5.26 Å². The second-order valence-corrected chi connectivity index (χ2v) is 4.67. The van der Waals surface area contributed by atoms with Crippen LogP contribution in [0.1, 0.15) is 38.7 Å². The van der Waals surface area contributed by atoms with Crippen molar-refractivity contribution >= 4 is 5.69 Å². The molecule has 0 bridgehead atoms. The summed E-state index contributed by atoms with van der Waals surface area (Å²) in [5.41, 5.74) is 1.02. The van der Waals surface area contributed by atoms with E-state index in [0.717, 1.165) is 18.5 Å². The molecule has 2 atom stereocenters. The zero-order valence-electron chi connectivity index (χ0n) is 10.3. The average molecular weight is 232 g/mol. The molecule has 0 aromatic heterocycles. The molecule has 0 saturated carbocycles. The Kier molecular flexibility index (Phi) is 3.33. The molecular weight excluding hydrogens is 215 g/mol. The second kappa shape index (κ2) is 4.75. The first-order chi connectivity index (χ1) is 8.17. The van der Waals surface area contributed by atoms with Gasteiger partial charge in [-0.1, -0.05) is 6.92 Å². The molecule has 1 aliphatic heterocycles. The lowest BCUT2D eigenvalue weighted by atomic mass is 10.1. The third kappa shape index (κ3) is 2.12. The van der Waals surface area contributed by atoms with E-state index in [0.29, 0.717) is 12.1 Å². The Morgan fingerprint density at radius 3 is 2.82 bits per heavy atom. The Labute approximate surface area is 102 Å². The van der Waals surface area contributed by atoms with Crippen LogP contribution in [0, 0.1) is 17.1 Å². The normalized spacial score (nSPS) is 23.8. The molecule has 2 rings (SSSR count). The SMILES string of the molecule is CCC1CCC(C)N1c1ccc(C#N)c(F)c1. The van der Waals surface area contributed by atoms with Gasteiger partial charge in [0.15, 0.2) is 0 Å². The summed E-state index contributed by atoms with van der Waals surface area (Å²) in [6, 6.07) is 7.72. The maximum atomic E-state index is 13.6. The quantitative estimate of drug-likeness (QED) is 0.780. The van der Waals surface area contributed by atoms with Gasteiger partial charge in [-0.25, -0.2) is 4.39 Å². The molecule has 1 saturated heterocycles. The maximum absolute atomic E-state index is 13.6. The summed E-state index contributed by atoms with van der Waals surface area (Å²) in [5.74, 6) is -0.418. The largest absolute Gasteiger partial charge is 0.366 e. The smallest absolute Gasteiger partial charge is 0.143 e. The van der Waals surface area contributed by atoms with Crippen molar-refractivity contribution in [1.82, 2.24) is 0 Å². The third-order valence-electron chi connectivity index (χ3n) is 3.63. The first-order valence-corrected chi connectivity index (χ1v) is 6.15. The van der Waals surface area contributed by atoms with Crippen molar-refractivity contribution in [2.75, 3.05) is 4.90 Å². The molecule has 2 nitrogen and oxygen atoms in total. The molecule has 2 unspecified atom stereocenters. The monoisotopic (exact) mass is 232 g/mol. The predicted octanol–water partition coefficient (Wildman–Crippen LogP) is 3.46. The minimum absolute atomic E-state index is 0.119. The molecule has 1 aromatic rings. The number of halogens is 1. The molecule has 1 fully saturated rings. The van der Waals surface area contributed by atoms with Gasteiger partial charge in [-0.3, -0.25) is 0 Å². The van der Waals surface area contributed by atoms with Crippen molar-refractivity contribution in [3.8, 4) is 6.07 Å². The van der Waals surface area contributed by atoms with E-state index in [1.54, 1.807) is 6.07 Å². The fraction of sp³-hybridized carbons (Fsp3) is 0.500.